The Morgan fingerprint density at radius 1 is 1.33 bits per heavy atom. The lowest BCUT2D eigenvalue weighted by molar-refractivity contribution is -0.147. The molecule has 2 aliphatic rings. The summed E-state index contributed by atoms with van der Waals surface area (Å²) >= 11 is 6.18. The minimum atomic E-state index is -0.379. The fourth-order valence-electron chi connectivity index (χ4n) is 3.53. The molecule has 0 unspecified atom stereocenters. The largest absolute Gasteiger partial charge is 0.342 e. The van der Waals surface area contributed by atoms with Crippen molar-refractivity contribution in [1.82, 2.24) is 15.5 Å². The summed E-state index contributed by atoms with van der Waals surface area (Å²) in [4.78, 5) is 26.7. The van der Waals surface area contributed by atoms with Gasteiger partial charge >= 0.3 is 0 Å². The third-order valence-corrected chi connectivity index (χ3v) is 5.12. The van der Waals surface area contributed by atoms with E-state index in [0.717, 1.165) is 10.6 Å². The Kier molecular flexibility index (Phi) is 5.11. The molecule has 130 valence electrons. The van der Waals surface area contributed by atoms with Crippen LogP contribution in [0.25, 0.3) is 0 Å². The molecule has 6 heteroatoms. The summed E-state index contributed by atoms with van der Waals surface area (Å²) in [6.07, 6.45) is 1.34. The molecule has 3 rings (SSSR count). The van der Waals surface area contributed by atoms with Gasteiger partial charge < -0.3 is 15.5 Å². The third-order valence-electron chi connectivity index (χ3n) is 4.75. The van der Waals surface area contributed by atoms with E-state index in [9.17, 15) is 9.59 Å². The second-order valence-corrected chi connectivity index (χ2v) is 7.51. The van der Waals surface area contributed by atoms with Crippen LogP contribution in [-0.2, 0) is 16.1 Å². The van der Waals surface area contributed by atoms with Gasteiger partial charge in [-0.3, -0.25) is 9.59 Å². The Labute approximate surface area is 147 Å². The van der Waals surface area contributed by atoms with Gasteiger partial charge in [0, 0.05) is 24.2 Å². The van der Waals surface area contributed by atoms with Crippen LogP contribution in [0.3, 0.4) is 0 Å². The average molecular weight is 350 g/mol. The van der Waals surface area contributed by atoms with Crippen molar-refractivity contribution in [2.24, 2.45) is 5.92 Å². The summed E-state index contributed by atoms with van der Waals surface area (Å²) in [5, 5.41) is 7.06. The monoisotopic (exact) mass is 349 g/mol. The number of rotatable bonds is 5. The van der Waals surface area contributed by atoms with Crippen molar-refractivity contribution in [2.75, 3.05) is 6.54 Å². The topological polar surface area (TPSA) is 61.4 Å². The van der Waals surface area contributed by atoms with Crippen molar-refractivity contribution >= 4 is 23.4 Å². The van der Waals surface area contributed by atoms with Crippen molar-refractivity contribution < 1.29 is 9.59 Å². The Balaban J connectivity index is 1.62. The molecule has 24 heavy (non-hydrogen) atoms. The number of hydrogen-bond donors (Lipinski definition) is 2. The number of benzene rings is 1. The smallest absolute Gasteiger partial charge is 0.245 e. The van der Waals surface area contributed by atoms with Crippen molar-refractivity contribution in [3.63, 3.8) is 0 Å². The summed E-state index contributed by atoms with van der Waals surface area (Å²) in [7, 11) is 0. The van der Waals surface area contributed by atoms with Gasteiger partial charge in [-0.25, -0.2) is 0 Å². The maximum Gasteiger partial charge on any atom is 0.245 e. The molecular weight excluding hydrogens is 326 g/mol. The van der Waals surface area contributed by atoms with E-state index in [1.54, 1.807) is 4.90 Å². The SMILES string of the molecule is CC(C)C[C@H]1NC(=O)[C@@H]2C[C@H](NCc3ccccc3Cl)CN2C1=O. The first kappa shape index (κ1) is 17.2. The number of hydrogen-bond acceptors (Lipinski definition) is 3. The van der Waals surface area contributed by atoms with Crippen molar-refractivity contribution in [1.29, 1.82) is 0 Å². The van der Waals surface area contributed by atoms with Gasteiger partial charge in [0.15, 0.2) is 0 Å². The molecule has 0 aromatic heterocycles. The van der Waals surface area contributed by atoms with Crippen molar-refractivity contribution in [3.8, 4) is 0 Å². The number of piperazine rings is 1. The van der Waals surface area contributed by atoms with Gasteiger partial charge in [0.1, 0.15) is 12.1 Å². The first-order chi connectivity index (χ1) is 11.5. The van der Waals surface area contributed by atoms with Gasteiger partial charge in [0.05, 0.1) is 0 Å². The number of fused-ring (bicyclic) bond motifs is 1. The first-order valence-electron chi connectivity index (χ1n) is 8.53. The van der Waals surface area contributed by atoms with Gasteiger partial charge in [-0.1, -0.05) is 43.6 Å². The molecule has 2 fully saturated rings. The zero-order valence-corrected chi connectivity index (χ0v) is 14.8. The molecule has 0 saturated carbocycles. The lowest BCUT2D eigenvalue weighted by atomic mass is 9.99. The van der Waals surface area contributed by atoms with Crippen LogP contribution in [0, 0.1) is 5.92 Å². The Hall–Kier alpha value is -1.59. The summed E-state index contributed by atoms with van der Waals surface area (Å²) < 4.78 is 0. The van der Waals surface area contributed by atoms with Crippen LogP contribution in [0.2, 0.25) is 5.02 Å². The Bertz CT molecular complexity index is 634. The summed E-state index contributed by atoms with van der Waals surface area (Å²) in [6, 6.07) is 7.09. The van der Waals surface area contributed by atoms with Crippen LogP contribution >= 0.6 is 11.6 Å². The highest BCUT2D eigenvalue weighted by atomic mass is 35.5. The number of nitrogens with one attached hydrogen (secondary N) is 2. The van der Waals surface area contributed by atoms with Gasteiger partial charge in [-0.05, 0) is 30.4 Å². The van der Waals surface area contributed by atoms with Gasteiger partial charge in [-0.2, -0.15) is 0 Å². The van der Waals surface area contributed by atoms with Gasteiger partial charge in [0.25, 0.3) is 0 Å². The Morgan fingerprint density at radius 3 is 2.79 bits per heavy atom. The van der Waals surface area contributed by atoms with E-state index >= 15 is 0 Å². The molecule has 0 bridgehead atoms. The van der Waals surface area contributed by atoms with Crippen LogP contribution in [-0.4, -0.2) is 41.4 Å². The summed E-state index contributed by atoms with van der Waals surface area (Å²) in [6.45, 7) is 5.33. The molecule has 3 atom stereocenters. The number of halogens is 1. The maximum absolute atomic E-state index is 12.6. The molecule has 2 amide bonds. The van der Waals surface area contributed by atoms with Crippen molar-refractivity contribution in [3.05, 3.63) is 34.9 Å². The average Bonchev–Trinajstić information content (AvgIpc) is 2.96. The van der Waals surface area contributed by atoms with E-state index in [1.165, 1.54) is 0 Å². The predicted octanol–water partition coefficient (Wildman–Crippen LogP) is 1.94. The highest BCUT2D eigenvalue weighted by Gasteiger charge is 2.46. The van der Waals surface area contributed by atoms with Crippen LogP contribution in [0.5, 0.6) is 0 Å². The lowest BCUT2D eigenvalue weighted by Gasteiger charge is -2.35. The molecule has 1 aromatic rings. The maximum atomic E-state index is 12.6. The van der Waals surface area contributed by atoms with E-state index in [2.05, 4.69) is 24.5 Å². The van der Waals surface area contributed by atoms with Crippen LogP contribution < -0.4 is 10.6 Å². The lowest BCUT2D eigenvalue weighted by Crippen LogP contribution is -2.61. The molecule has 0 aliphatic carbocycles. The summed E-state index contributed by atoms with van der Waals surface area (Å²) in [5.41, 5.74) is 1.03. The normalized spacial score (nSPS) is 26.7. The van der Waals surface area contributed by atoms with Gasteiger partial charge in [-0.15, -0.1) is 0 Å². The molecule has 5 nitrogen and oxygen atoms in total. The number of carbonyl (C=O) groups is 2. The quantitative estimate of drug-likeness (QED) is 0.854. The van der Waals surface area contributed by atoms with Crippen molar-refractivity contribution in [2.45, 2.75) is 51.4 Å². The van der Waals surface area contributed by atoms with Crippen LogP contribution in [0.4, 0.5) is 0 Å². The number of nitrogens with zero attached hydrogens (tertiary/aromatic N) is 1. The fourth-order valence-corrected chi connectivity index (χ4v) is 3.74. The predicted molar refractivity (Wildman–Crippen MR) is 93.6 cm³/mol. The van der Waals surface area contributed by atoms with E-state index < -0.39 is 0 Å². The first-order valence-corrected chi connectivity index (χ1v) is 8.91. The molecule has 2 N–H and O–H groups in total. The number of amides is 2. The van der Waals surface area contributed by atoms with Gasteiger partial charge in [0.2, 0.25) is 11.8 Å². The zero-order valence-electron chi connectivity index (χ0n) is 14.1. The summed E-state index contributed by atoms with van der Waals surface area (Å²) in [5.74, 6) is 0.394. The second kappa shape index (κ2) is 7.11. The van der Waals surface area contributed by atoms with E-state index in [1.807, 2.05) is 24.3 Å². The standard InChI is InChI=1S/C18H24ClN3O2/c1-11(2)7-15-18(24)22-10-13(8-16(22)17(23)21-15)20-9-12-5-3-4-6-14(12)19/h3-6,11,13,15-16,20H,7-10H2,1-2H3,(H,21,23)/t13-,15+,16-/m0/s1. The fraction of sp³-hybridized carbons (Fsp3) is 0.556. The van der Waals surface area contributed by atoms with E-state index in [-0.39, 0.29) is 29.9 Å². The molecule has 2 saturated heterocycles. The number of carbonyl (C=O) groups excluding carboxylic acids is 2. The third kappa shape index (κ3) is 3.57. The zero-order chi connectivity index (χ0) is 17.3. The van der Waals surface area contributed by atoms with Crippen LogP contribution in [0.15, 0.2) is 24.3 Å². The highest BCUT2D eigenvalue weighted by Crippen LogP contribution is 2.25. The minimum Gasteiger partial charge on any atom is -0.342 e. The Morgan fingerprint density at radius 2 is 2.08 bits per heavy atom. The van der Waals surface area contributed by atoms with Crippen LogP contribution in [0.1, 0.15) is 32.3 Å². The minimum absolute atomic E-state index is 0.0257. The molecular formula is C18H24ClN3O2. The molecule has 2 heterocycles. The van der Waals surface area contributed by atoms with E-state index in [4.69, 9.17) is 11.6 Å². The van der Waals surface area contributed by atoms with E-state index in [0.29, 0.717) is 31.8 Å². The molecule has 0 spiro atoms. The molecule has 1 aromatic carbocycles. The highest BCUT2D eigenvalue weighted by molar-refractivity contribution is 6.31. The second-order valence-electron chi connectivity index (χ2n) is 7.10. The molecule has 2 aliphatic heterocycles. The molecule has 0 radical (unpaired) electrons.